The summed E-state index contributed by atoms with van der Waals surface area (Å²) in [7, 11) is -4.09. The van der Waals surface area contributed by atoms with Crippen molar-refractivity contribution in [2.24, 2.45) is 0 Å². The normalized spacial score (nSPS) is 16.0. The van der Waals surface area contributed by atoms with Crippen LogP contribution in [-0.2, 0) is 21.0 Å². The number of nitro groups is 1. The van der Waals surface area contributed by atoms with Gasteiger partial charge in [0, 0.05) is 11.8 Å². The first-order valence-corrected chi connectivity index (χ1v) is 11.0. The van der Waals surface area contributed by atoms with E-state index in [1.54, 1.807) is 0 Å². The largest absolute Gasteiger partial charge is 0.416 e. The molecule has 2 aromatic rings. The molecule has 13 heteroatoms. The van der Waals surface area contributed by atoms with Gasteiger partial charge in [0.25, 0.3) is 11.6 Å². The van der Waals surface area contributed by atoms with Gasteiger partial charge in [-0.05, 0) is 24.3 Å². The van der Waals surface area contributed by atoms with E-state index < -0.39 is 43.2 Å². The van der Waals surface area contributed by atoms with Gasteiger partial charge in [0.2, 0.25) is 10.0 Å². The van der Waals surface area contributed by atoms with E-state index in [9.17, 15) is 36.5 Å². The van der Waals surface area contributed by atoms with Crippen molar-refractivity contribution in [1.82, 2.24) is 4.31 Å². The second-order valence-electron chi connectivity index (χ2n) is 7.18. The van der Waals surface area contributed by atoms with E-state index in [-0.39, 0.29) is 38.4 Å². The summed E-state index contributed by atoms with van der Waals surface area (Å²) in [4.78, 5) is 23.0. The summed E-state index contributed by atoms with van der Waals surface area (Å²) in [5.41, 5.74) is -1.37. The molecule has 0 radical (unpaired) electrons. The van der Waals surface area contributed by atoms with Crippen LogP contribution in [0, 0.1) is 10.1 Å². The van der Waals surface area contributed by atoms with Crippen molar-refractivity contribution in [1.29, 1.82) is 0 Å². The quantitative estimate of drug-likeness (QED) is 0.483. The van der Waals surface area contributed by atoms with E-state index in [2.05, 4.69) is 5.32 Å². The minimum Gasteiger partial charge on any atom is -0.325 e. The molecule has 0 atom stereocenters. The molecule has 1 heterocycles. The number of alkyl halides is 3. The summed E-state index contributed by atoms with van der Waals surface area (Å²) in [5.74, 6) is -0.505. The first-order valence-electron chi connectivity index (χ1n) is 9.53. The van der Waals surface area contributed by atoms with Crippen LogP contribution in [0.4, 0.5) is 24.5 Å². The number of quaternary nitrogens is 1. The molecular weight excluding hydrogens is 453 g/mol. The first-order chi connectivity index (χ1) is 15.0. The lowest BCUT2D eigenvalue weighted by Gasteiger charge is -2.31. The highest BCUT2D eigenvalue weighted by Crippen LogP contribution is 2.30. The number of amides is 1. The zero-order chi connectivity index (χ0) is 23.5. The molecule has 0 saturated carbocycles. The van der Waals surface area contributed by atoms with Gasteiger partial charge in [0.1, 0.15) is 0 Å². The minimum absolute atomic E-state index is 0.0156. The van der Waals surface area contributed by atoms with Gasteiger partial charge in [0.15, 0.2) is 11.4 Å². The van der Waals surface area contributed by atoms with Crippen LogP contribution < -0.4 is 10.2 Å². The van der Waals surface area contributed by atoms with E-state index in [1.807, 2.05) is 0 Å². The Kier molecular flexibility index (Phi) is 6.81. The molecule has 2 aromatic carbocycles. The van der Waals surface area contributed by atoms with Gasteiger partial charge in [-0.25, -0.2) is 8.42 Å². The first kappa shape index (κ1) is 23.6. The standard InChI is InChI=1S/C19H19F3N4O5S/c20-19(21,22)14-4-3-5-15(12-14)23-18(27)13-24-8-10-25(11-9-24)32(30,31)17-7-2-1-6-16(17)26(28)29/h1-7,12H,8-11,13H2,(H,23,27)/p+1. The third-order valence-corrected chi connectivity index (χ3v) is 6.94. The molecule has 0 spiro atoms. The fourth-order valence-electron chi connectivity index (χ4n) is 3.39. The zero-order valence-corrected chi connectivity index (χ0v) is 17.4. The molecule has 1 saturated heterocycles. The van der Waals surface area contributed by atoms with Crippen LogP contribution in [0.1, 0.15) is 5.56 Å². The molecule has 0 aliphatic carbocycles. The summed E-state index contributed by atoms with van der Waals surface area (Å²) in [6, 6.07) is 9.35. The predicted octanol–water partition coefficient (Wildman–Crippen LogP) is 1.14. The number of rotatable bonds is 6. The topological polar surface area (TPSA) is 114 Å². The number of sulfonamides is 1. The zero-order valence-electron chi connectivity index (χ0n) is 16.6. The molecule has 32 heavy (non-hydrogen) atoms. The SMILES string of the molecule is O=C(C[NH+]1CCN(S(=O)(=O)c2ccccc2[N+](=O)[O-])CC1)Nc1cccc(C(F)(F)F)c1. The van der Waals surface area contributed by atoms with E-state index in [1.165, 1.54) is 30.3 Å². The highest BCUT2D eigenvalue weighted by atomic mass is 32.2. The van der Waals surface area contributed by atoms with Crippen molar-refractivity contribution in [2.45, 2.75) is 11.1 Å². The number of nitro benzene ring substituents is 1. The summed E-state index contributed by atoms with van der Waals surface area (Å²) in [6.07, 6.45) is -4.53. The number of nitrogens with one attached hydrogen (secondary N) is 2. The molecule has 1 fully saturated rings. The van der Waals surface area contributed by atoms with E-state index in [4.69, 9.17) is 0 Å². The van der Waals surface area contributed by atoms with Gasteiger partial charge in [-0.2, -0.15) is 17.5 Å². The molecule has 0 unspecified atom stereocenters. The average molecular weight is 473 g/mol. The maximum absolute atomic E-state index is 12.8. The lowest BCUT2D eigenvalue weighted by Crippen LogP contribution is -3.15. The number of piperazine rings is 1. The number of carbonyl (C=O) groups is 1. The van der Waals surface area contributed by atoms with Crippen LogP contribution in [0.25, 0.3) is 0 Å². The third kappa shape index (κ3) is 5.41. The second-order valence-corrected chi connectivity index (χ2v) is 9.09. The number of hydrogen-bond donors (Lipinski definition) is 2. The monoisotopic (exact) mass is 473 g/mol. The molecule has 1 aliphatic heterocycles. The average Bonchev–Trinajstić information content (AvgIpc) is 2.73. The Morgan fingerprint density at radius 1 is 1.12 bits per heavy atom. The van der Waals surface area contributed by atoms with Gasteiger partial charge in [-0.1, -0.05) is 18.2 Å². The van der Waals surface area contributed by atoms with Crippen molar-refractivity contribution in [3.05, 3.63) is 64.2 Å². The molecule has 0 aromatic heterocycles. The fraction of sp³-hybridized carbons (Fsp3) is 0.316. The van der Waals surface area contributed by atoms with Crippen LogP contribution in [0.2, 0.25) is 0 Å². The summed E-state index contributed by atoms with van der Waals surface area (Å²) < 4.78 is 65.2. The number of anilines is 1. The smallest absolute Gasteiger partial charge is 0.325 e. The second kappa shape index (κ2) is 9.22. The molecule has 9 nitrogen and oxygen atoms in total. The Hall–Kier alpha value is -3.03. The molecule has 2 N–H and O–H groups in total. The summed E-state index contributed by atoms with van der Waals surface area (Å²) >= 11 is 0. The van der Waals surface area contributed by atoms with E-state index in [0.717, 1.165) is 27.4 Å². The third-order valence-electron chi connectivity index (χ3n) is 4.99. The maximum Gasteiger partial charge on any atom is 0.416 e. The van der Waals surface area contributed by atoms with Crippen molar-refractivity contribution in [3.63, 3.8) is 0 Å². The van der Waals surface area contributed by atoms with Crippen LogP contribution in [0.3, 0.4) is 0 Å². The lowest BCUT2D eigenvalue weighted by atomic mass is 10.2. The summed E-state index contributed by atoms with van der Waals surface area (Å²) in [6.45, 7) is 0.544. The highest BCUT2D eigenvalue weighted by Gasteiger charge is 2.35. The molecule has 0 bridgehead atoms. The molecule has 3 rings (SSSR count). The van der Waals surface area contributed by atoms with Crippen molar-refractivity contribution >= 4 is 27.3 Å². The van der Waals surface area contributed by atoms with Crippen LogP contribution in [-0.4, -0.2) is 56.3 Å². The molecule has 172 valence electrons. The minimum atomic E-state index is -4.53. The number of halogens is 3. The highest BCUT2D eigenvalue weighted by molar-refractivity contribution is 7.89. The molecule has 1 amide bonds. The summed E-state index contributed by atoms with van der Waals surface area (Å²) in [5, 5.41) is 13.6. The van der Waals surface area contributed by atoms with Gasteiger partial charge in [-0.15, -0.1) is 0 Å². The Morgan fingerprint density at radius 3 is 2.41 bits per heavy atom. The lowest BCUT2D eigenvalue weighted by molar-refractivity contribution is -0.895. The van der Waals surface area contributed by atoms with Crippen molar-refractivity contribution in [2.75, 3.05) is 38.0 Å². The van der Waals surface area contributed by atoms with Crippen LogP contribution >= 0.6 is 0 Å². The number of para-hydroxylation sites is 1. The predicted molar refractivity (Wildman–Crippen MR) is 107 cm³/mol. The van der Waals surface area contributed by atoms with Gasteiger partial charge in [0.05, 0.1) is 36.7 Å². The van der Waals surface area contributed by atoms with Crippen LogP contribution in [0.15, 0.2) is 53.4 Å². The Bertz CT molecular complexity index is 1120. The number of nitrogens with zero attached hydrogens (tertiary/aromatic N) is 2. The van der Waals surface area contributed by atoms with Gasteiger partial charge in [-0.3, -0.25) is 14.9 Å². The number of benzene rings is 2. The van der Waals surface area contributed by atoms with Crippen molar-refractivity contribution < 1.29 is 36.2 Å². The number of carbonyl (C=O) groups excluding carboxylic acids is 1. The van der Waals surface area contributed by atoms with E-state index in [0.29, 0.717) is 0 Å². The molecule has 1 aliphatic rings. The van der Waals surface area contributed by atoms with Crippen molar-refractivity contribution in [3.8, 4) is 0 Å². The Morgan fingerprint density at radius 2 is 1.78 bits per heavy atom. The maximum atomic E-state index is 12.8. The Balaban J connectivity index is 1.59. The van der Waals surface area contributed by atoms with Crippen LogP contribution in [0.5, 0.6) is 0 Å². The van der Waals surface area contributed by atoms with E-state index >= 15 is 0 Å². The fourth-order valence-corrected chi connectivity index (χ4v) is 4.99. The molecular formula is C19H20F3N4O5S+. The number of hydrogen-bond acceptors (Lipinski definition) is 5. The van der Waals surface area contributed by atoms with Gasteiger partial charge >= 0.3 is 6.18 Å². The Labute approximate surface area is 181 Å². The van der Waals surface area contributed by atoms with Gasteiger partial charge < -0.3 is 10.2 Å².